The van der Waals surface area contributed by atoms with Gasteiger partial charge in [-0.1, -0.05) is 0 Å². The summed E-state index contributed by atoms with van der Waals surface area (Å²) in [5.74, 6) is -0.904. The smallest absolute Gasteiger partial charge is 0.336 e. The van der Waals surface area contributed by atoms with Crippen LogP contribution in [0.15, 0.2) is 22.7 Å². The number of morpholine rings is 1. The van der Waals surface area contributed by atoms with E-state index < -0.39 is 5.97 Å². The van der Waals surface area contributed by atoms with E-state index in [9.17, 15) is 4.79 Å². The Bertz CT molecular complexity index is 505. The highest BCUT2D eigenvalue weighted by molar-refractivity contribution is 9.10. The van der Waals surface area contributed by atoms with Gasteiger partial charge >= 0.3 is 5.97 Å². The number of nitrogens with zero attached hydrogens (tertiary/aromatic N) is 1. The molecule has 1 saturated heterocycles. The van der Waals surface area contributed by atoms with Crippen molar-refractivity contribution in [3.63, 3.8) is 0 Å². The molecule has 0 bridgehead atoms. The van der Waals surface area contributed by atoms with Crippen LogP contribution < -0.4 is 4.90 Å². The monoisotopic (exact) mass is 325 g/mol. The molecule has 1 N–H and O–H groups in total. The van der Waals surface area contributed by atoms with Crippen molar-refractivity contribution >= 4 is 27.6 Å². The number of rotatable bonds is 2. The Balaban J connectivity index is 1.89. The number of hydrogen-bond acceptors (Lipinski definition) is 3. The number of anilines is 1. The maximum absolute atomic E-state index is 11.0. The van der Waals surface area contributed by atoms with Crippen molar-refractivity contribution in [3.05, 3.63) is 28.2 Å². The highest BCUT2D eigenvalue weighted by atomic mass is 79.9. The predicted molar refractivity (Wildman–Crippen MR) is 75.8 cm³/mol. The number of ether oxygens (including phenoxy) is 1. The fourth-order valence-electron chi connectivity index (χ4n) is 3.10. The molecule has 1 heterocycles. The van der Waals surface area contributed by atoms with Gasteiger partial charge in [-0.3, -0.25) is 0 Å². The Morgan fingerprint density at radius 3 is 3.00 bits per heavy atom. The number of carbonyl (C=O) groups is 1. The molecule has 1 aromatic carbocycles. The van der Waals surface area contributed by atoms with Crippen LogP contribution in [-0.4, -0.2) is 36.4 Å². The van der Waals surface area contributed by atoms with Gasteiger partial charge in [-0.05, 0) is 53.4 Å². The van der Waals surface area contributed by atoms with Crippen molar-refractivity contribution in [3.8, 4) is 0 Å². The van der Waals surface area contributed by atoms with Crippen LogP contribution in [0.3, 0.4) is 0 Å². The Hall–Kier alpha value is -1.07. The third kappa shape index (κ3) is 2.37. The van der Waals surface area contributed by atoms with Crippen LogP contribution in [0.25, 0.3) is 0 Å². The van der Waals surface area contributed by atoms with Gasteiger partial charge in [0.2, 0.25) is 0 Å². The zero-order valence-electron chi connectivity index (χ0n) is 10.5. The van der Waals surface area contributed by atoms with Crippen molar-refractivity contribution in [2.45, 2.75) is 31.4 Å². The van der Waals surface area contributed by atoms with Gasteiger partial charge in [0.25, 0.3) is 0 Å². The first kappa shape index (κ1) is 12.9. The SMILES string of the molecule is O=C(O)c1ccc(N2CCOC3CCCC32)cc1Br. The largest absolute Gasteiger partial charge is 0.478 e. The van der Waals surface area contributed by atoms with Gasteiger partial charge in [-0.25, -0.2) is 4.79 Å². The zero-order chi connectivity index (χ0) is 13.4. The highest BCUT2D eigenvalue weighted by Gasteiger charge is 2.36. The summed E-state index contributed by atoms with van der Waals surface area (Å²) in [6, 6.07) is 5.91. The minimum absolute atomic E-state index is 0.306. The van der Waals surface area contributed by atoms with Gasteiger partial charge in [-0.15, -0.1) is 0 Å². The van der Waals surface area contributed by atoms with E-state index in [0.717, 1.165) is 31.7 Å². The van der Waals surface area contributed by atoms with Gasteiger partial charge in [0.05, 0.1) is 24.3 Å². The Labute approximate surface area is 120 Å². The van der Waals surface area contributed by atoms with Crippen molar-refractivity contribution in [1.82, 2.24) is 0 Å². The average molecular weight is 326 g/mol. The molecule has 1 saturated carbocycles. The van der Waals surface area contributed by atoms with Crippen LogP contribution in [0.5, 0.6) is 0 Å². The predicted octanol–water partition coefficient (Wildman–Crippen LogP) is 2.91. The number of aromatic carboxylic acids is 1. The molecule has 0 spiro atoms. The first-order chi connectivity index (χ1) is 9.16. The fourth-order valence-corrected chi connectivity index (χ4v) is 3.64. The molecule has 2 aliphatic rings. The van der Waals surface area contributed by atoms with Crippen LogP contribution in [-0.2, 0) is 4.74 Å². The molecule has 2 unspecified atom stereocenters. The first-order valence-electron chi connectivity index (χ1n) is 6.58. The second kappa shape index (κ2) is 5.13. The Morgan fingerprint density at radius 2 is 2.26 bits per heavy atom. The molecule has 0 radical (unpaired) electrons. The van der Waals surface area contributed by atoms with Crippen LogP contribution in [0.2, 0.25) is 0 Å². The normalized spacial score (nSPS) is 26.3. The quantitative estimate of drug-likeness (QED) is 0.908. The van der Waals surface area contributed by atoms with E-state index in [-0.39, 0.29) is 0 Å². The van der Waals surface area contributed by atoms with Crippen LogP contribution in [0.4, 0.5) is 5.69 Å². The first-order valence-corrected chi connectivity index (χ1v) is 7.37. The lowest BCUT2D eigenvalue weighted by atomic mass is 10.1. The molecule has 19 heavy (non-hydrogen) atoms. The molecule has 5 heteroatoms. The fraction of sp³-hybridized carbons (Fsp3) is 0.500. The van der Waals surface area contributed by atoms with E-state index in [1.54, 1.807) is 6.07 Å². The topological polar surface area (TPSA) is 49.8 Å². The summed E-state index contributed by atoms with van der Waals surface area (Å²) in [4.78, 5) is 13.4. The molecule has 2 atom stereocenters. The third-order valence-electron chi connectivity index (χ3n) is 4.00. The van der Waals surface area contributed by atoms with Crippen LogP contribution in [0, 0.1) is 0 Å². The van der Waals surface area contributed by atoms with Gasteiger partial charge in [0, 0.05) is 16.7 Å². The summed E-state index contributed by atoms with van der Waals surface area (Å²) < 4.78 is 6.44. The minimum atomic E-state index is -0.904. The summed E-state index contributed by atoms with van der Waals surface area (Å²) >= 11 is 3.35. The zero-order valence-corrected chi connectivity index (χ0v) is 12.1. The summed E-state index contributed by atoms with van der Waals surface area (Å²) in [6.45, 7) is 1.62. The lowest BCUT2D eigenvalue weighted by Gasteiger charge is -2.39. The summed E-state index contributed by atoms with van der Waals surface area (Å²) in [5.41, 5.74) is 1.39. The third-order valence-corrected chi connectivity index (χ3v) is 4.65. The highest BCUT2D eigenvalue weighted by Crippen LogP contribution is 2.34. The number of fused-ring (bicyclic) bond motifs is 1. The molecule has 0 aromatic heterocycles. The summed E-state index contributed by atoms with van der Waals surface area (Å²) in [5, 5.41) is 9.05. The molecule has 3 rings (SSSR count). The van der Waals surface area contributed by atoms with Gasteiger partial charge in [-0.2, -0.15) is 0 Å². The van der Waals surface area contributed by atoms with E-state index in [4.69, 9.17) is 9.84 Å². The molecule has 0 amide bonds. The molecule has 2 fully saturated rings. The molecule has 1 aromatic rings. The van der Waals surface area contributed by atoms with E-state index in [0.29, 0.717) is 22.2 Å². The van der Waals surface area contributed by atoms with E-state index in [1.807, 2.05) is 12.1 Å². The number of hydrogen-bond donors (Lipinski definition) is 1. The average Bonchev–Trinajstić information content (AvgIpc) is 2.86. The lowest BCUT2D eigenvalue weighted by Crippen LogP contribution is -2.48. The lowest BCUT2D eigenvalue weighted by molar-refractivity contribution is 0.0256. The molecule has 102 valence electrons. The maximum Gasteiger partial charge on any atom is 0.336 e. The number of carboxylic acids is 1. The van der Waals surface area contributed by atoms with Gasteiger partial charge in [0.15, 0.2) is 0 Å². The standard InChI is InChI=1S/C14H16BrNO3/c15-11-8-9(4-5-10(11)14(17)18)16-6-7-19-13-3-1-2-12(13)16/h4-5,8,12-13H,1-3,6-7H2,(H,17,18). The van der Waals surface area contributed by atoms with Crippen molar-refractivity contribution in [1.29, 1.82) is 0 Å². The second-order valence-corrected chi connectivity index (χ2v) is 5.92. The summed E-state index contributed by atoms with van der Waals surface area (Å²) in [7, 11) is 0. The van der Waals surface area contributed by atoms with Crippen molar-refractivity contribution in [2.24, 2.45) is 0 Å². The van der Waals surface area contributed by atoms with Gasteiger partial charge < -0.3 is 14.7 Å². The summed E-state index contributed by atoms with van der Waals surface area (Å²) in [6.07, 6.45) is 3.84. The molecule has 1 aliphatic heterocycles. The Kier molecular flexibility index (Phi) is 3.50. The minimum Gasteiger partial charge on any atom is -0.478 e. The molecular formula is C14H16BrNO3. The van der Waals surface area contributed by atoms with Crippen molar-refractivity contribution < 1.29 is 14.6 Å². The molecular weight excluding hydrogens is 310 g/mol. The van der Waals surface area contributed by atoms with E-state index in [2.05, 4.69) is 20.8 Å². The van der Waals surface area contributed by atoms with Crippen LogP contribution >= 0.6 is 15.9 Å². The second-order valence-electron chi connectivity index (χ2n) is 5.07. The van der Waals surface area contributed by atoms with E-state index >= 15 is 0 Å². The molecule has 1 aliphatic carbocycles. The molecule has 4 nitrogen and oxygen atoms in total. The number of halogens is 1. The number of benzene rings is 1. The number of carboxylic acid groups (broad SMARTS) is 1. The van der Waals surface area contributed by atoms with Crippen LogP contribution in [0.1, 0.15) is 29.6 Å². The maximum atomic E-state index is 11.0. The van der Waals surface area contributed by atoms with Crippen molar-refractivity contribution in [2.75, 3.05) is 18.1 Å². The van der Waals surface area contributed by atoms with E-state index in [1.165, 1.54) is 6.42 Å². The Morgan fingerprint density at radius 1 is 1.42 bits per heavy atom. The van der Waals surface area contributed by atoms with Gasteiger partial charge in [0.1, 0.15) is 0 Å².